The Morgan fingerprint density at radius 2 is 1.24 bits per heavy atom. The first kappa shape index (κ1) is 37.8. The fraction of sp³-hybridized carbons (Fsp3) is 0.706. The smallest absolute Gasteiger partial charge is 0.410 e. The summed E-state index contributed by atoms with van der Waals surface area (Å²) < 4.78 is 26.9. The summed E-state index contributed by atoms with van der Waals surface area (Å²) in [5.74, 6) is -0.480. The number of esters is 2. The van der Waals surface area contributed by atoms with Gasteiger partial charge in [-0.25, -0.2) is 9.59 Å². The van der Waals surface area contributed by atoms with Gasteiger partial charge in [0.1, 0.15) is 11.2 Å². The zero-order valence-electron chi connectivity index (χ0n) is 28.5. The van der Waals surface area contributed by atoms with E-state index in [0.717, 1.165) is 5.56 Å². The summed E-state index contributed by atoms with van der Waals surface area (Å²) in [6, 6.07) is 9.85. The Morgan fingerprint density at radius 3 is 1.71 bits per heavy atom. The molecule has 2 aliphatic heterocycles. The van der Waals surface area contributed by atoms with Crippen molar-refractivity contribution in [3.8, 4) is 0 Å². The van der Waals surface area contributed by atoms with Crippen LogP contribution in [-0.2, 0) is 39.9 Å². The minimum absolute atomic E-state index is 0.0800. The van der Waals surface area contributed by atoms with Crippen LogP contribution in [-0.4, -0.2) is 91.1 Å². The van der Waals surface area contributed by atoms with E-state index in [-0.39, 0.29) is 36.6 Å². The fourth-order valence-corrected chi connectivity index (χ4v) is 4.96. The lowest BCUT2D eigenvalue weighted by Gasteiger charge is -2.39. The lowest BCUT2D eigenvalue weighted by Crippen LogP contribution is -2.50. The van der Waals surface area contributed by atoms with E-state index in [0.29, 0.717) is 71.7 Å². The molecule has 0 radical (unpaired) electrons. The summed E-state index contributed by atoms with van der Waals surface area (Å²) in [6.07, 6.45) is 1.66. The number of rotatable bonds is 8. The predicted octanol–water partition coefficient (Wildman–Crippen LogP) is 5.98. The van der Waals surface area contributed by atoms with Crippen molar-refractivity contribution in [2.24, 2.45) is 11.3 Å². The van der Waals surface area contributed by atoms with Crippen LogP contribution in [0.3, 0.4) is 0 Å². The number of amides is 2. The van der Waals surface area contributed by atoms with Crippen molar-refractivity contribution in [2.75, 3.05) is 46.0 Å². The molecule has 0 aliphatic carbocycles. The maximum absolute atomic E-state index is 12.6. The van der Waals surface area contributed by atoms with Gasteiger partial charge in [0, 0.05) is 26.2 Å². The molecule has 0 N–H and O–H groups in total. The summed E-state index contributed by atoms with van der Waals surface area (Å²) in [4.78, 5) is 51.6. The molecule has 0 atom stereocenters. The van der Waals surface area contributed by atoms with Gasteiger partial charge in [-0.2, -0.15) is 0 Å². The minimum Gasteiger partial charge on any atom is -0.466 e. The van der Waals surface area contributed by atoms with Crippen LogP contribution in [0.5, 0.6) is 0 Å². The van der Waals surface area contributed by atoms with Crippen molar-refractivity contribution >= 4 is 24.1 Å². The molecule has 2 aliphatic rings. The van der Waals surface area contributed by atoms with Crippen LogP contribution in [0.2, 0.25) is 0 Å². The largest absolute Gasteiger partial charge is 0.466 e. The third-order valence-corrected chi connectivity index (χ3v) is 7.34. The van der Waals surface area contributed by atoms with Crippen LogP contribution in [0, 0.1) is 11.3 Å². The Labute approximate surface area is 268 Å². The summed E-state index contributed by atoms with van der Waals surface area (Å²) in [5.41, 5.74) is -0.674. The monoisotopic (exact) mass is 634 g/mol. The molecule has 3 rings (SSSR count). The van der Waals surface area contributed by atoms with Gasteiger partial charge in [-0.3, -0.25) is 9.59 Å². The molecule has 45 heavy (non-hydrogen) atoms. The average molecular weight is 635 g/mol. The first-order valence-corrected chi connectivity index (χ1v) is 16.0. The van der Waals surface area contributed by atoms with E-state index in [1.165, 1.54) is 0 Å². The summed E-state index contributed by atoms with van der Waals surface area (Å²) in [6.45, 7) is 18.1. The van der Waals surface area contributed by atoms with Gasteiger partial charge in [0.25, 0.3) is 0 Å². The number of hydrogen-bond acceptors (Lipinski definition) is 9. The minimum atomic E-state index is -0.719. The topological polar surface area (TPSA) is 121 Å². The summed E-state index contributed by atoms with van der Waals surface area (Å²) in [5, 5.41) is 0. The molecule has 0 saturated carbocycles. The number of carbonyl (C=O) groups excluding carboxylic acids is 4. The van der Waals surface area contributed by atoms with Gasteiger partial charge >= 0.3 is 24.1 Å². The highest BCUT2D eigenvalue weighted by Gasteiger charge is 2.44. The Bertz CT molecular complexity index is 1080. The second-order valence-corrected chi connectivity index (χ2v) is 13.4. The molecule has 254 valence electrons. The van der Waals surface area contributed by atoms with Gasteiger partial charge in [0.2, 0.25) is 0 Å². The zero-order valence-corrected chi connectivity index (χ0v) is 28.5. The molecule has 1 aromatic rings. The van der Waals surface area contributed by atoms with Crippen molar-refractivity contribution in [1.82, 2.24) is 9.80 Å². The first-order chi connectivity index (χ1) is 21.1. The van der Waals surface area contributed by atoms with Crippen molar-refractivity contribution in [1.29, 1.82) is 0 Å². The molecule has 2 amide bonds. The quantitative estimate of drug-likeness (QED) is 0.251. The Balaban J connectivity index is 0.000000341. The number of ether oxygens (including phenoxy) is 5. The highest BCUT2D eigenvalue weighted by atomic mass is 16.6. The predicted molar refractivity (Wildman–Crippen MR) is 169 cm³/mol. The lowest BCUT2D eigenvalue weighted by molar-refractivity contribution is -0.164. The number of likely N-dealkylation sites (tertiary alicyclic amines) is 2. The molecule has 0 aromatic heterocycles. The van der Waals surface area contributed by atoms with E-state index < -0.39 is 16.6 Å². The highest BCUT2D eigenvalue weighted by molar-refractivity contribution is 5.78. The van der Waals surface area contributed by atoms with E-state index in [2.05, 4.69) is 0 Å². The maximum atomic E-state index is 12.6. The molecule has 2 saturated heterocycles. The van der Waals surface area contributed by atoms with Crippen molar-refractivity contribution < 1.29 is 42.9 Å². The Kier molecular flexibility index (Phi) is 14.6. The van der Waals surface area contributed by atoms with Crippen LogP contribution in [0.4, 0.5) is 9.59 Å². The SMILES string of the molecule is CCOC(=O)C1(COCc2ccccc2)CCN(C(=O)OC(C)(C)C)CC1.CCOC(=O)C1CCN(C(=O)OC(C)(C)C)CC1. The highest BCUT2D eigenvalue weighted by Crippen LogP contribution is 2.34. The van der Waals surface area contributed by atoms with Crippen LogP contribution in [0.1, 0.15) is 86.6 Å². The van der Waals surface area contributed by atoms with Crippen LogP contribution in [0.25, 0.3) is 0 Å². The molecule has 2 fully saturated rings. The van der Waals surface area contributed by atoms with Gasteiger partial charge in [0.05, 0.1) is 37.8 Å². The molecular formula is C34H54N2O9. The molecule has 0 spiro atoms. The second kappa shape index (κ2) is 17.4. The van der Waals surface area contributed by atoms with E-state index in [1.807, 2.05) is 71.9 Å². The van der Waals surface area contributed by atoms with Crippen molar-refractivity contribution in [2.45, 2.75) is 98.9 Å². The zero-order chi connectivity index (χ0) is 33.7. The average Bonchev–Trinajstić information content (AvgIpc) is 2.97. The maximum Gasteiger partial charge on any atom is 0.410 e. The molecule has 11 nitrogen and oxygen atoms in total. The fourth-order valence-electron chi connectivity index (χ4n) is 4.96. The van der Waals surface area contributed by atoms with Gasteiger partial charge < -0.3 is 33.5 Å². The Hall–Kier alpha value is -3.34. The number of piperidine rings is 2. The number of nitrogens with zero attached hydrogens (tertiary/aromatic N) is 2. The number of hydrogen-bond donors (Lipinski definition) is 0. The van der Waals surface area contributed by atoms with Crippen molar-refractivity contribution in [3.05, 3.63) is 35.9 Å². The van der Waals surface area contributed by atoms with Crippen LogP contribution < -0.4 is 0 Å². The summed E-state index contributed by atoms with van der Waals surface area (Å²) in [7, 11) is 0. The molecule has 2 heterocycles. The van der Waals surface area contributed by atoms with Gasteiger partial charge in [-0.05, 0) is 86.6 Å². The second-order valence-electron chi connectivity index (χ2n) is 13.4. The molecule has 0 unspecified atom stereocenters. The number of benzene rings is 1. The Morgan fingerprint density at radius 1 is 0.756 bits per heavy atom. The van der Waals surface area contributed by atoms with Gasteiger partial charge in [-0.1, -0.05) is 30.3 Å². The van der Waals surface area contributed by atoms with Gasteiger partial charge in [0.15, 0.2) is 0 Å². The first-order valence-electron chi connectivity index (χ1n) is 16.0. The van der Waals surface area contributed by atoms with Crippen molar-refractivity contribution in [3.63, 3.8) is 0 Å². The lowest BCUT2D eigenvalue weighted by atomic mass is 9.79. The third-order valence-electron chi connectivity index (χ3n) is 7.34. The standard InChI is InChI=1S/C21H31NO5.C13H23NO4/c1-5-26-18(23)21(16-25-15-17-9-7-6-8-10-17)11-13-22(14-12-21)19(24)27-20(2,3)4;1-5-17-11(15)10-6-8-14(9-7-10)12(16)18-13(2,3)4/h6-10H,5,11-16H2,1-4H3;10H,5-9H2,1-4H3. The van der Waals surface area contributed by atoms with E-state index in [1.54, 1.807) is 23.6 Å². The van der Waals surface area contributed by atoms with Crippen LogP contribution in [0.15, 0.2) is 30.3 Å². The molecule has 0 bridgehead atoms. The van der Waals surface area contributed by atoms with Crippen LogP contribution >= 0.6 is 0 Å². The van der Waals surface area contributed by atoms with E-state index in [4.69, 9.17) is 23.7 Å². The molecular weight excluding hydrogens is 580 g/mol. The van der Waals surface area contributed by atoms with Gasteiger partial charge in [-0.15, -0.1) is 0 Å². The van der Waals surface area contributed by atoms with E-state index >= 15 is 0 Å². The van der Waals surface area contributed by atoms with E-state index in [9.17, 15) is 19.2 Å². The number of carbonyl (C=O) groups is 4. The molecule has 11 heteroatoms. The summed E-state index contributed by atoms with van der Waals surface area (Å²) >= 11 is 0. The normalized spacial score (nSPS) is 17.0. The molecule has 1 aromatic carbocycles. The third kappa shape index (κ3) is 13.3.